The molecule has 0 radical (unpaired) electrons. The average molecular weight is 201 g/mol. The van der Waals surface area contributed by atoms with E-state index in [1.807, 2.05) is 0 Å². The van der Waals surface area contributed by atoms with Gasteiger partial charge >= 0.3 is 0 Å². The fourth-order valence-electron chi connectivity index (χ4n) is 1.32. The lowest BCUT2D eigenvalue weighted by molar-refractivity contribution is 0.334. The van der Waals surface area contributed by atoms with Crippen LogP contribution in [0, 0.1) is 18.6 Å². The summed E-state index contributed by atoms with van der Waals surface area (Å²) in [6, 6.07) is 1.15. The molecule has 14 heavy (non-hydrogen) atoms. The number of aromatic nitrogens is 2. The third-order valence-electron chi connectivity index (χ3n) is 2.02. The van der Waals surface area contributed by atoms with Crippen molar-refractivity contribution in [2.45, 2.75) is 6.92 Å². The van der Waals surface area contributed by atoms with Gasteiger partial charge in [-0.05, 0) is 18.6 Å². The number of nitrogen functional groups attached to an aromatic ring is 1. The van der Waals surface area contributed by atoms with Gasteiger partial charge in [-0.1, -0.05) is 9.39 Å². The standard InChI is InChI=1S/C8H6F3N3/c1-3-2-4-5(7(10)6(3)9)8(12)13-14(4)11/h2H,1H3,(H2,12,13). The zero-order valence-corrected chi connectivity index (χ0v) is 7.18. The Morgan fingerprint density at radius 3 is 2.64 bits per heavy atom. The van der Waals surface area contributed by atoms with Gasteiger partial charge in [0.05, 0.1) is 5.39 Å². The maximum absolute atomic E-state index is 13.3. The zero-order valence-electron chi connectivity index (χ0n) is 7.18. The van der Waals surface area contributed by atoms with Crippen LogP contribution in [0.3, 0.4) is 0 Å². The molecule has 0 bridgehead atoms. The van der Waals surface area contributed by atoms with E-state index in [0.717, 1.165) is 6.07 Å². The average Bonchev–Trinajstić information content (AvgIpc) is 2.38. The van der Waals surface area contributed by atoms with Gasteiger partial charge in [0.15, 0.2) is 17.5 Å². The monoisotopic (exact) mass is 201 g/mol. The second-order valence-corrected chi connectivity index (χ2v) is 2.96. The van der Waals surface area contributed by atoms with E-state index in [-0.39, 0.29) is 27.2 Å². The highest BCUT2D eigenvalue weighted by Gasteiger charge is 2.18. The molecule has 74 valence electrons. The molecule has 0 amide bonds. The molecule has 0 aliphatic rings. The number of nitrogens with two attached hydrogens (primary N) is 1. The first-order valence-electron chi connectivity index (χ1n) is 3.81. The van der Waals surface area contributed by atoms with E-state index >= 15 is 0 Å². The zero-order chi connectivity index (χ0) is 10.5. The molecule has 3 nitrogen and oxygen atoms in total. The third kappa shape index (κ3) is 0.966. The number of anilines is 1. The topological polar surface area (TPSA) is 43.8 Å². The van der Waals surface area contributed by atoms with Crippen LogP contribution >= 0.6 is 0 Å². The predicted molar refractivity (Wildman–Crippen MR) is 45.3 cm³/mol. The fraction of sp³-hybridized carbons (Fsp3) is 0.125. The van der Waals surface area contributed by atoms with Crippen molar-refractivity contribution < 1.29 is 13.3 Å². The van der Waals surface area contributed by atoms with E-state index in [9.17, 15) is 13.3 Å². The molecule has 0 aliphatic carbocycles. The molecule has 1 aromatic heterocycles. The largest absolute Gasteiger partial charge is 0.382 e. The van der Waals surface area contributed by atoms with Crippen LogP contribution in [0.25, 0.3) is 10.9 Å². The van der Waals surface area contributed by atoms with Gasteiger partial charge in [0.1, 0.15) is 5.52 Å². The molecule has 2 N–H and O–H groups in total. The molecular formula is C8H6F3N3. The first-order chi connectivity index (χ1) is 6.52. The van der Waals surface area contributed by atoms with Crippen molar-refractivity contribution in [1.29, 1.82) is 0 Å². The summed E-state index contributed by atoms with van der Waals surface area (Å²) in [5, 5.41) is 2.83. The Balaban J connectivity index is 3.01. The molecule has 0 unspecified atom stereocenters. The first kappa shape index (κ1) is 8.86. The molecule has 0 spiro atoms. The molecule has 0 atom stereocenters. The summed E-state index contributed by atoms with van der Waals surface area (Å²) in [5.41, 5.74) is 5.06. The molecule has 0 fully saturated rings. The van der Waals surface area contributed by atoms with Gasteiger partial charge in [-0.15, -0.1) is 5.10 Å². The summed E-state index contributed by atoms with van der Waals surface area (Å²) < 4.78 is 39.3. The lowest BCUT2D eigenvalue weighted by atomic mass is 10.1. The number of aryl methyl sites for hydroxylation is 1. The van der Waals surface area contributed by atoms with Crippen LogP contribution in [0.5, 0.6) is 0 Å². The van der Waals surface area contributed by atoms with E-state index in [0.29, 0.717) is 0 Å². The van der Waals surface area contributed by atoms with Crippen molar-refractivity contribution in [3.63, 3.8) is 0 Å². The normalized spacial score (nSPS) is 11.1. The Morgan fingerprint density at radius 2 is 2.00 bits per heavy atom. The predicted octanol–water partition coefficient (Wildman–Crippen LogP) is 1.94. The molecule has 0 saturated carbocycles. The van der Waals surface area contributed by atoms with Crippen molar-refractivity contribution in [3.05, 3.63) is 23.3 Å². The molecular weight excluding hydrogens is 195 g/mol. The van der Waals surface area contributed by atoms with Gasteiger partial charge < -0.3 is 5.73 Å². The number of nitrogens with zero attached hydrogens (tertiary/aromatic N) is 2. The van der Waals surface area contributed by atoms with E-state index < -0.39 is 11.6 Å². The Morgan fingerprint density at radius 1 is 1.36 bits per heavy atom. The van der Waals surface area contributed by atoms with Gasteiger partial charge in [0.2, 0.25) is 0 Å². The summed E-state index contributed by atoms with van der Waals surface area (Å²) in [5.74, 6) is -2.56. The van der Waals surface area contributed by atoms with Gasteiger partial charge in [-0.2, -0.15) is 0 Å². The van der Waals surface area contributed by atoms with Crippen LogP contribution in [0.1, 0.15) is 5.56 Å². The number of rotatable bonds is 0. The smallest absolute Gasteiger partial charge is 0.172 e. The summed E-state index contributed by atoms with van der Waals surface area (Å²) >= 11 is 0. The van der Waals surface area contributed by atoms with Gasteiger partial charge in [0, 0.05) is 0 Å². The van der Waals surface area contributed by atoms with Crippen LogP contribution in [0.2, 0.25) is 0 Å². The second-order valence-electron chi connectivity index (χ2n) is 2.96. The van der Waals surface area contributed by atoms with Gasteiger partial charge in [0.25, 0.3) is 0 Å². The second kappa shape index (κ2) is 2.63. The number of benzene rings is 1. The molecule has 1 aromatic carbocycles. The SMILES string of the molecule is Cc1cc2c(c(N)nn2F)c(F)c1F. The molecule has 2 rings (SSSR count). The van der Waals surface area contributed by atoms with Crippen molar-refractivity contribution in [1.82, 2.24) is 10.0 Å². The summed E-state index contributed by atoms with van der Waals surface area (Å²) in [6.45, 7) is 1.33. The van der Waals surface area contributed by atoms with E-state index in [1.165, 1.54) is 6.92 Å². The molecule has 1 heterocycles. The fourth-order valence-corrected chi connectivity index (χ4v) is 1.32. The highest BCUT2D eigenvalue weighted by molar-refractivity contribution is 5.90. The van der Waals surface area contributed by atoms with Crippen molar-refractivity contribution in [2.75, 3.05) is 5.73 Å². The van der Waals surface area contributed by atoms with Crippen LogP contribution in [0.15, 0.2) is 6.07 Å². The molecule has 0 saturated heterocycles. The van der Waals surface area contributed by atoms with Crippen LogP contribution in [-0.2, 0) is 0 Å². The summed E-state index contributed by atoms with van der Waals surface area (Å²) in [6.07, 6.45) is 0. The molecule has 6 heteroatoms. The Kier molecular flexibility index (Phi) is 1.67. The van der Waals surface area contributed by atoms with Crippen molar-refractivity contribution in [3.8, 4) is 0 Å². The molecule has 2 aromatic rings. The molecule has 0 aliphatic heterocycles. The van der Waals surface area contributed by atoms with Crippen LogP contribution in [0.4, 0.5) is 19.1 Å². The first-order valence-corrected chi connectivity index (χ1v) is 3.81. The quantitative estimate of drug-likeness (QED) is 0.707. The maximum atomic E-state index is 13.3. The number of hydrogen-bond donors (Lipinski definition) is 1. The van der Waals surface area contributed by atoms with Gasteiger partial charge in [-0.25, -0.2) is 8.78 Å². The third-order valence-corrected chi connectivity index (χ3v) is 2.02. The number of fused-ring (bicyclic) bond motifs is 1. The summed E-state index contributed by atoms with van der Waals surface area (Å²) in [4.78, 5) is -0.0693. The van der Waals surface area contributed by atoms with E-state index in [2.05, 4.69) is 5.10 Å². The Labute approximate surface area is 76.9 Å². The minimum atomic E-state index is -1.17. The lowest BCUT2D eigenvalue weighted by Crippen LogP contribution is -1.92. The number of hydrogen-bond acceptors (Lipinski definition) is 2. The maximum Gasteiger partial charge on any atom is 0.172 e. The van der Waals surface area contributed by atoms with Gasteiger partial charge in [-0.3, -0.25) is 0 Å². The minimum Gasteiger partial charge on any atom is -0.382 e. The van der Waals surface area contributed by atoms with Crippen molar-refractivity contribution in [2.24, 2.45) is 0 Å². The number of halogens is 3. The van der Waals surface area contributed by atoms with Crippen LogP contribution < -0.4 is 5.73 Å². The Hall–Kier alpha value is -1.72. The van der Waals surface area contributed by atoms with E-state index in [1.54, 1.807) is 0 Å². The summed E-state index contributed by atoms with van der Waals surface area (Å²) in [7, 11) is 0. The Bertz CT molecular complexity index is 518. The van der Waals surface area contributed by atoms with Crippen molar-refractivity contribution >= 4 is 16.7 Å². The minimum absolute atomic E-state index is 0.00815. The van der Waals surface area contributed by atoms with E-state index in [4.69, 9.17) is 5.73 Å². The highest BCUT2D eigenvalue weighted by atomic mass is 19.2. The van der Waals surface area contributed by atoms with Crippen LogP contribution in [-0.4, -0.2) is 10.0 Å². The highest BCUT2D eigenvalue weighted by Crippen LogP contribution is 2.27. The lowest BCUT2D eigenvalue weighted by Gasteiger charge is -1.99.